The zero-order valence-electron chi connectivity index (χ0n) is 18.3. The number of hydrogen-bond acceptors (Lipinski definition) is 4. The predicted molar refractivity (Wildman–Crippen MR) is 116 cm³/mol. The van der Waals surface area contributed by atoms with Gasteiger partial charge in [0.2, 0.25) is 5.91 Å². The standard InChI is InChI=1S/C23H15F6N5O2/c1-10-19(20(23(27,28)29)33-34(10)9-14-15(25)3-2-4-16(14)26)32-22(36)18-8-13(21(30)35)12-6-5-11(24)7-17(12)31-18/h2-8H,9H2,1H3,(H2,30,35)(H,32,36). The van der Waals surface area contributed by atoms with Crippen LogP contribution in [0.2, 0.25) is 0 Å². The molecule has 0 aliphatic heterocycles. The number of anilines is 1. The first-order valence-corrected chi connectivity index (χ1v) is 10.2. The van der Waals surface area contributed by atoms with Crippen LogP contribution in [0.25, 0.3) is 10.9 Å². The second-order valence-corrected chi connectivity index (χ2v) is 7.70. The van der Waals surface area contributed by atoms with Gasteiger partial charge in [-0.1, -0.05) is 6.07 Å². The summed E-state index contributed by atoms with van der Waals surface area (Å²) < 4.78 is 83.6. The number of nitrogens with one attached hydrogen (secondary N) is 1. The maximum absolute atomic E-state index is 14.1. The van der Waals surface area contributed by atoms with E-state index in [-0.39, 0.29) is 22.2 Å². The molecule has 0 saturated carbocycles. The van der Waals surface area contributed by atoms with Gasteiger partial charge in [-0.05, 0) is 37.3 Å². The molecule has 0 radical (unpaired) electrons. The topological polar surface area (TPSA) is 103 Å². The van der Waals surface area contributed by atoms with Crippen LogP contribution in [0.3, 0.4) is 0 Å². The van der Waals surface area contributed by atoms with Crippen molar-refractivity contribution < 1.29 is 35.9 Å². The van der Waals surface area contributed by atoms with Gasteiger partial charge in [-0.3, -0.25) is 14.3 Å². The van der Waals surface area contributed by atoms with Crippen LogP contribution >= 0.6 is 0 Å². The van der Waals surface area contributed by atoms with Crippen molar-refractivity contribution in [1.82, 2.24) is 14.8 Å². The highest BCUT2D eigenvalue weighted by Crippen LogP contribution is 2.36. The number of fused-ring (bicyclic) bond motifs is 1. The number of halogens is 6. The maximum Gasteiger partial charge on any atom is 0.437 e. The molecular weight excluding hydrogens is 492 g/mol. The molecule has 0 saturated heterocycles. The maximum atomic E-state index is 14.1. The van der Waals surface area contributed by atoms with Crippen molar-refractivity contribution in [1.29, 1.82) is 0 Å². The average molecular weight is 507 g/mol. The van der Waals surface area contributed by atoms with Gasteiger partial charge in [0.15, 0.2) is 5.69 Å². The molecule has 2 amide bonds. The van der Waals surface area contributed by atoms with E-state index in [1.54, 1.807) is 0 Å². The van der Waals surface area contributed by atoms with Crippen molar-refractivity contribution in [3.8, 4) is 0 Å². The molecule has 186 valence electrons. The number of hydrogen-bond donors (Lipinski definition) is 2. The summed E-state index contributed by atoms with van der Waals surface area (Å²) in [7, 11) is 0. The monoisotopic (exact) mass is 507 g/mol. The van der Waals surface area contributed by atoms with Gasteiger partial charge in [0.05, 0.1) is 29.0 Å². The van der Waals surface area contributed by atoms with E-state index in [0.717, 1.165) is 43.3 Å². The molecule has 2 aromatic heterocycles. The molecule has 2 heterocycles. The largest absolute Gasteiger partial charge is 0.437 e. The highest BCUT2D eigenvalue weighted by molar-refractivity contribution is 6.10. The lowest BCUT2D eigenvalue weighted by molar-refractivity contribution is -0.140. The number of carbonyl (C=O) groups is 2. The molecule has 0 atom stereocenters. The Morgan fingerprint density at radius 1 is 1.06 bits per heavy atom. The van der Waals surface area contributed by atoms with Crippen molar-refractivity contribution in [3.05, 3.63) is 88.1 Å². The van der Waals surface area contributed by atoms with Crippen molar-refractivity contribution >= 4 is 28.4 Å². The highest BCUT2D eigenvalue weighted by atomic mass is 19.4. The van der Waals surface area contributed by atoms with Crippen molar-refractivity contribution in [3.63, 3.8) is 0 Å². The molecule has 2 aromatic carbocycles. The quantitative estimate of drug-likeness (QED) is 0.386. The number of rotatable bonds is 5. The number of pyridine rings is 1. The van der Waals surface area contributed by atoms with Crippen LogP contribution in [0.4, 0.5) is 32.0 Å². The fourth-order valence-corrected chi connectivity index (χ4v) is 3.58. The second kappa shape index (κ2) is 8.98. The lowest BCUT2D eigenvalue weighted by atomic mass is 10.1. The number of nitrogens with zero attached hydrogens (tertiary/aromatic N) is 3. The minimum absolute atomic E-state index is 0.130. The fraction of sp³-hybridized carbons (Fsp3) is 0.130. The first-order chi connectivity index (χ1) is 16.9. The zero-order valence-corrected chi connectivity index (χ0v) is 18.3. The third-order valence-corrected chi connectivity index (χ3v) is 5.35. The molecule has 4 rings (SSSR count). The van der Waals surface area contributed by atoms with E-state index in [1.807, 2.05) is 5.32 Å². The zero-order chi connectivity index (χ0) is 26.4. The highest BCUT2D eigenvalue weighted by Gasteiger charge is 2.39. The Kier molecular flexibility index (Phi) is 6.16. The Bertz CT molecular complexity index is 1510. The normalized spacial score (nSPS) is 11.6. The van der Waals surface area contributed by atoms with E-state index in [0.29, 0.717) is 4.68 Å². The SMILES string of the molecule is Cc1c(NC(=O)c2cc(C(N)=O)c3ccc(F)cc3n2)c(C(F)(F)F)nn1Cc1c(F)cccc1F. The molecule has 0 aliphatic carbocycles. The van der Waals surface area contributed by atoms with Crippen molar-refractivity contribution in [2.75, 3.05) is 5.32 Å². The lowest BCUT2D eigenvalue weighted by Crippen LogP contribution is -2.19. The second-order valence-electron chi connectivity index (χ2n) is 7.70. The van der Waals surface area contributed by atoms with Crippen LogP contribution in [0.5, 0.6) is 0 Å². The molecule has 0 spiro atoms. The van der Waals surface area contributed by atoms with E-state index < -0.39 is 64.6 Å². The van der Waals surface area contributed by atoms with Crippen molar-refractivity contribution in [2.24, 2.45) is 5.73 Å². The number of benzene rings is 2. The Labute approximate surface area is 198 Å². The third-order valence-electron chi connectivity index (χ3n) is 5.35. The summed E-state index contributed by atoms with van der Waals surface area (Å²) in [6.07, 6.45) is -5.05. The molecule has 13 heteroatoms. The molecule has 0 unspecified atom stereocenters. The van der Waals surface area contributed by atoms with Gasteiger partial charge in [0.25, 0.3) is 5.91 Å². The summed E-state index contributed by atoms with van der Waals surface area (Å²) >= 11 is 0. The average Bonchev–Trinajstić information content (AvgIpc) is 3.10. The van der Waals surface area contributed by atoms with Gasteiger partial charge in [0.1, 0.15) is 23.1 Å². The van der Waals surface area contributed by atoms with E-state index >= 15 is 0 Å². The molecule has 3 N–H and O–H groups in total. The number of carbonyl (C=O) groups excluding carboxylic acids is 2. The van der Waals surface area contributed by atoms with E-state index in [9.17, 15) is 35.9 Å². The van der Waals surface area contributed by atoms with Crippen LogP contribution < -0.4 is 11.1 Å². The minimum atomic E-state index is -5.05. The fourth-order valence-electron chi connectivity index (χ4n) is 3.58. The van der Waals surface area contributed by atoms with Gasteiger partial charge in [-0.15, -0.1) is 0 Å². The van der Waals surface area contributed by atoms with Crippen LogP contribution in [0, 0.1) is 24.4 Å². The summed E-state index contributed by atoms with van der Waals surface area (Å²) in [5.41, 5.74) is 1.37. The first-order valence-electron chi connectivity index (χ1n) is 10.2. The molecule has 36 heavy (non-hydrogen) atoms. The molecule has 0 aliphatic rings. The van der Waals surface area contributed by atoms with Gasteiger partial charge in [-0.2, -0.15) is 18.3 Å². The predicted octanol–water partition coefficient (Wildman–Crippen LogP) is 4.58. The summed E-state index contributed by atoms with van der Waals surface area (Å²) in [6.45, 7) is 0.469. The van der Waals surface area contributed by atoms with Crippen LogP contribution in [0.1, 0.15) is 37.8 Å². The molecule has 0 fully saturated rings. The molecular formula is C23H15F6N5O2. The minimum Gasteiger partial charge on any atom is -0.366 e. The van der Waals surface area contributed by atoms with Gasteiger partial charge < -0.3 is 11.1 Å². The Morgan fingerprint density at radius 3 is 2.33 bits per heavy atom. The molecule has 0 bridgehead atoms. The Morgan fingerprint density at radius 2 is 1.72 bits per heavy atom. The molecule has 4 aromatic rings. The van der Waals surface area contributed by atoms with Gasteiger partial charge in [0, 0.05) is 17.0 Å². The summed E-state index contributed by atoms with van der Waals surface area (Å²) in [5, 5.41) is 5.59. The summed E-state index contributed by atoms with van der Waals surface area (Å²) in [5.74, 6) is -4.88. The third kappa shape index (κ3) is 4.59. The lowest BCUT2D eigenvalue weighted by Gasteiger charge is -2.11. The van der Waals surface area contributed by atoms with Crippen molar-refractivity contribution in [2.45, 2.75) is 19.6 Å². The summed E-state index contributed by atoms with van der Waals surface area (Å²) in [6, 6.07) is 7.12. The van der Waals surface area contributed by atoms with E-state index in [2.05, 4.69) is 10.1 Å². The van der Waals surface area contributed by atoms with Gasteiger partial charge in [-0.25, -0.2) is 18.2 Å². The van der Waals surface area contributed by atoms with Crippen LogP contribution in [0.15, 0.2) is 42.5 Å². The number of aromatic nitrogens is 3. The Balaban J connectivity index is 1.77. The first kappa shape index (κ1) is 24.7. The number of nitrogens with two attached hydrogens (primary N) is 1. The van der Waals surface area contributed by atoms with E-state index in [4.69, 9.17) is 5.73 Å². The summed E-state index contributed by atoms with van der Waals surface area (Å²) in [4.78, 5) is 28.7. The van der Waals surface area contributed by atoms with E-state index in [1.165, 1.54) is 6.07 Å². The van der Waals surface area contributed by atoms with Gasteiger partial charge >= 0.3 is 6.18 Å². The molecule has 7 nitrogen and oxygen atoms in total. The number of primary amides is 1. The van der Waals surface area contributed by atoms with Crippen LogP contribution in [-0.2, 0) is 12.7 Å². The number of amides is 2. The number of alkyl halides is 3. The smallest absolute Gasteiger partial charge is 0.366 e. The Hall–Kier alpha value is -4.42. The van der Waals surface area contributed by atoms with Crippen LogP contribution in [-0.4, -0.2) is 26.6 Å².